The minimum atomic E-state index is 0.501. The molecule has 2 heteroatoms. The summed E-state index contributed by atoms with van der Waals surface area (Å²) in [5, 5.41) is 0. The summed E-state index contributed by atoms with van der Waals surface area (Å²) in [4.78, 5) is 5.29. The van der Waals surface area contributed by atoms with Crippen LogP contribution in [0.25, 0.3) is 0 Å². The van der Waals surface area contributed by atoms with Gasteiger partial charge in [0.15, 0.2) is 0 Å². The van der Waals surface area contributed by atoms with Crippen LogP contribution in [0.3, 0.4) is 0 Å². The van der Waals surface area contributed by atoms with Gasteiger partial charge in [-0.15, -0.1) is 0 Å². The quantitative estimate of drug-likeness (QED) is 0.187. The Morgan fingerprint density at radius 2 is 0.726 bits per heavy atom. The van der Waals surface area contributed by atoms with Crippen molar-refractivity contribution in [2.24, 2.45) is 5.41 Å². The summed E-state index contributed by atoms with van der Waals surface area (Å²) in [6, 6.07) is 19.5. The zero-order valence-corrected chi connectivity index (χ0v) is 45.5. The lowest BCUT2D eigenvalue weighted by Crippen LogP contribution is -2.33. The van der Waals surface area contributed by atoms with E-state index < -0.39 is 0 Å². The van der Waals surface area contributed by atoms with Gasteiger partial charge in [0.25, 0.3) is 0 Å². The molecule has 2 aromatic rings. The molecule has 1 unspecified atom stereocenters. The third-order valence-electron chi connectivity index (χ3n) is 13.3. The third kappa shape index (κ3) is 27.0. The maximum Gasteiger partial charge on any atom is 0.00984 e. The van der Waals surface area contributed by atoms with Crippen molar-refractivity contribution in [3.05, 3.63) is 70.8 Å². The van der Waals surface area contributed by atoms with Crippen LogP contribution in [0.15, 0.2) is 48.5 Å². The Kier molecular flexibility index (Phi) is 41.1. The van der Waals surface area contributed by atoms with Gasteiger partial charge in [0, 0.05) is 30.6 Å². The first-order valence-electron chi connectivity index (χ1n) is 27.5. The van der Waals surface area contributed by atoms with Gasteiger partial charge in [0.05, 0.1) is 0 Å². The van der Waals surface area contributed by atoms with Crippen molar-refractivity contribution in [1.29, 1.82) is 0 Å². The van der Waals surface area contributed by atoms with E-state index in [-0.39, 0.29) is 0 Å². The first-order valence-corrected chi connectivity index (χ1v) is 27.5. The minimum Gasteiger partial charge on any atom is -0.300 e. The van der Waals surface area contributed by atoms with E-state index in [1.165, 1.54) is 180 Å². The summed E-state index contributed by atoms with van der Waals surface area (Å²) in [6.45, 7) is 41.0. The normalized spacial score (nSPS) is 17.6. The lowest BCUT2D eigenvalue weighted by atomic mass is 9.81. The highest BCUT2D eigenvalue weighted by molar-refractivity contribution is 5.40. The molecule has 2 aliphatic carbocycles. The van der Waals surface area contributed by atoms with Crippen molar-refractivity contribution in [1.82, 2.24) is 9.80 Å². The fourth-order valence-electron chi connectivity index (χ4n) is 9.13. The molecule has 364 valence electrons. The number of aryl methyl sites for hydroxylation is 1. The average Bonchev–Trinajstić information content (AvgIpc) is 4.07. The van der Waals surface area contributed by atoms with E-state index in [2.05, 4.69) is 169 Å². The monoisotopic (exact) mass is 863 g/mol. The van der Waals surface area contributed by atoms with E-state index in [1.807, 2.05) is 0 Å². The number of rotatable bonds is 14. The second-order valence-electron chi connectivity index (χ2n) is 19.8. The molecule has 2 nitrogen and oxygen atoms in total. The number of hydrogen-bond donors (Lipinski definition) is 0. The number of hydrogen-bond acceptors (Lipinski definition) is 2. The summed E-state index contributed by atoms with van der Waals surface area (Å²) in [6.07, 6.45) is 32.5. The van der Waals surface area contributed by atoms with Gasteiger partial charge in [0.2, 0.25) is 0 Å². The third-order valence-corrected chi connectivity index (χ3v) is 13.3. The average molecular weight is 864 g/mol. The molecule has 6 rings (SSSR count). The molecule has 0 N–H and O–H groups in total. The van der Waals surface area contributed by atoms with E-state index in [1.54, 1.807) is 22.3 Å². The van der Waals surface area contributed by atoms with E-state index in [4.69, 9.17) is 0 Å². The van der Waals surface area contributed by atoms with Gasteiger partial charge in [-0.3, -0.25) is 0 Å². The Labute approximate surface area is 393 Å². The zero-order valence-electron chi connectivity index (χ0n) is 45.5. The lowest BCUT2D eigenvalue weighted by molar-refractivity contribution is 0.228. The first-order chi connectivity index (χ1) is 29.9. The van der Waals surface area contributed by atoms with Crippen LogP contribution in [-0.2, 0) is 24.7 Å². The van der Waals surface area contributed by atoms with Crippen molar-refractivity contribution in [3.8, 4) is 0 Å². The second kappa shape index (κ2) is 40.8. The van der Waals surface area contributed by atoms with Crippen molar-refractivity contribution in [2.45, 2.75) is 282 Å². The second-order valence-corrected chi connectivity index (χ2v) is 19.8. The van der Waals surface area contributed by atoms with Gasteiger partial charge < -0.3 is 9.80 Å². The van der Waals surface area contributed by atoms with Gasteiger partial charge in [-0.2, -0.15) is 0 Å². The molecule has 0 aromatic heterocycles. The predicted molar refractivity (Wildman–Crippen MR) is 287 cm³/mol. The number of nitrogens with zero attached hydrogens (tertiary/aromatic N) is 2. The molecule has 62 heavy (non-hydrogen) atoms. The molecule has 2 spiro atoms. The molecule has 2 heterocycles. The van der Waals surface area contributed by atoms with Crippen LogP contribution in [0.5, 0.6) is 0 Å². The van der Waals surface area contributed by atoms with Crippen molar-refractivity contribution >= 4 is 0 Å². The number of fused-ring (bicyclic) bond motifs is 3. The van der Waals surface area contributed by atoms with Crippen molar-refractivity contribution < 1.29 is 0 Å². The highest BCUT2D eigenvalue weighted by Gasteiger charge is 2.44. The standard InChI is InChI=1S/2C15H21N.6C5H12/c1-12(2)16-8-7-15(11-16)9-13-5-3-4-6-14(13)10-15;1-12(2)16-10-9-15(11-16)8-7-13-5-3-4-6-14(13)15;6*1-3-5-4-2/h2*3-6,12H,7-11H2,1-2H3;6*3-5H2,1-2H3. The van der Waals surface area contributed by atoms with Crippen LogP contribution in [-0.4, -0.2) is 48.1 Å². The molecular formula is C60H114N2. The fourth-order valence-corrected chi connectivity index (χ4v) is 9.13. The zero-order chi connectivity index (χ0) is 47.1. The lowest BCUT2D eigenvalue weighted by Gasteiger charge is -2.27. The molecule has 0 radical (unpaired) electrons. The summed E-state index contributed by atoms with van der Waals surface area (Å²) in [5.41, 5.74) is 7.54. The molecule has 2 saturated heterocycles. The molecule has 0 saturated carbocycles. The maximum atomic E-state index is 2.64. The molecule has 4 aliphatic rings. The Bertz CT molecular complexity index is 1150. The summed E-state index contributed by atoms with van der Waals surface area (Å²) in [7, 11) is 0. The van der Waals surface area contributed by atoms with Gasteiger partial charge in [-0.1, -0.05) is 247 Å². The van der Waals surface area contributed by atoms with Crippen LogP contribution in [0.4, 0.5) is 0 Å². The molecule has 2 fully saturated rings. The van der Waals surface area contributed by atoms with Gasteiger partial charge in [-0.25, -0.2) is 0 Å². The molecule has 2 aromatic carbocycles. The van der Waals surface area contributed by atoms with Crippen LogP contribution < -0.4 is 0 Å². The highest BCUT2D eigenvalue weighted by Crippen LogP contribution is 2.46. The Hall–Kier alpha value is -1.64. The number of unbranched alkanes of at least 4 members (excludes halogenated alkanes) is 12. The fraction of sp³-hybridized carbons (Fsp3) is 0.800. The Balaban J connectivity index is 0. The summed E-state index contributed by atoms with van der Waals surface area (Å²) in [5.74, 6) is 0. The van der Waals surface area contributed by atoms with Crippen LogP contribution in [0.1, 0.15) is 268 Å². The van der Waals surface area contributed by atoms with Gasteiger partial charge in [-0.05, 0) is 107 Å². The van der Waals surface area contributed by atoms with Crippen LogP contribution >= 0.6 is 0 Å². The topological polar surface area (TPSA) is 6.48 Å². The van der Waals surface area contributed by atoms with Gasteiger partial charge >= 0.3 is 0 Å². The maximum absolute atomic E-state index is 2.64. The molecular weight excluding hydrogens is 749 g/mol. The van der Waals surface area contributed by atoms with E-state index >= 15 is 0 Å². The SMILES string of the molecule is CC(C)N1CCC2(CCc3ccccc32)C1.CC(C)N1CCC2(Cc3ccccc3C2)C1.CCCCC.CCCCC.CCCCC.CCCCC.CCCCC.CCCCC. The van der Waals surface area contributed by atoms with Crippen LogP contribution in [0, 0.1) is 5.41 Å². The Morgan fingerprint density at radius 1 is 0.403 bits per heavy atom. The summed E-state index contributed by atoms with van der Waals surface area (Å²) >= 11 is 0. The van der Waals surface area contributed by atoms with E-state index in [0.29, 0.717) is 22.9 Å². The molecule has 2 aliphatic heterocycles. The Morgan fingerprint density at radius 3 is 1.03 bits per heavy atom. The van der Waals surface area contributed by atoms with Crippen molar-refractivity contribution in [2.75, 3.05) is 26.2 Å². The smallest absolute Gasteiger partial charge is 0.00984 e. The largest absolute Gasteiger partial charge is 0.300 e. The predicted octanol–water partition coefficient (Wildman–Crippen LogP) is 19.0. The number of likely N-dealkylation sites (tertiary alicyclic amines) is 2. The molecule has 0 bridgehead atoms. The minimum absolute atomic E-state index is 0.501. The van der Waals surface area contributed by atoms with Crippen molar-refractivity contribution in [3.63, 3.8) is 0 Å². The van der Waals surface area contributed by atoms with E-state index in [9.17, 15) is 0 Å². The van der Waals surface area contributed by atoms with Crippen LogP contribution in [0.2, 0.25) is 0 Å². The number of benzene rings is 2. The highest BCUT2D eigenvalue weighted by atomic mass is 15.2. The van der Waals surface area contributed by atoms with Gasteiger partial charge in [0.1, 0.15) is 0 Å². The summed E-state index contributed by atoms with van der Waals surface area (Å²) < 4.78 is 0. The first kappa shape index (κ1) is 62.4. The van der Waals surface area contributed by atoms with E-state index in [0.717, 1.165) is 0 Å². The molecule has 1 atom stereocenters. The molecule has 0 amide bonds.